The quantitative estimate of drug-likeness (QED) is 0.829. The van der Waals surface area contributed by atoms with Crippen molar-refractivity contribution in [3.05, 3.63) is 48.0 Å². The van der Waals surface area contributed by atoms with Gasteiger partial charge in [0.15, 0.2) is 17.2 Å². The van der Waals surface area contributed by atoms with Crippen LogP contribution in [0.5, 0.6) is 17.2 Å². The predicted molar refractivity (Wildman–Crippen MR) is 81.9 cm³/mol. The summed E-state index contributed by atoms with van der Waals surface area (Å²) in [6.07, 6.45) is 0. The van der Waals surface area contributed by atoms with Gasteiger partial charge in [-0.05, 0) is 37.3 Å². The number of hydrogen-bond acceptors (Lipinski definition) is 4. The molecule has 5 heteroatoms. The van der Waals surface area contributed by atoms with Crippen LogP contribution in [0.25, 0.3) is 0 Å². The monoisotopic (exact) mass is 286 g/mol. The SMILES string of the molecule is CCNC(=O)c1ccc(N)c(Oc2ccccc2OC)c1. The van der Waals surface area contributed by atoms with Crippen LogP contribution in [0.15, 0.2) is 42.5 Å². The molecule has 0 heterocycles. The van der Waals surface area contributed by atoms with Crippen molar-refractivity contribution >= 4 is 11.6 Å². The van der Waals surface area contributed by atoms with Crippen LogP contribution >= 0.6 is 0 Å². The van der Waals surface area contributed by atoms with Crippen molar-refractivity contribution in [3.63, 3.8) is 0 Å². The highest BCUT2D eigenvalue weighted by Gasteiger charge is 2.11. The number of benzene rings is 2. The summed E-state index contributed by atoms with van der Waals surface area (Å²) in [6.45, 7) is 2.42. The first-order valence-corrected chi connectivity index (χ1v) is 6.64. The van der Waals surface area contributed by atoms with Gasteiger partial charge in [-0.2, -0.15) is 0 Å². The van der Waals surface area contributed by atoms with Crippen molar-refractivity contribution < 1.29 is 14.3 Å². The fourth-order valence-corrected chi connectivity index (χ4v) is 1.85. The fraction of sp³-hybridized carbons (Fsp3) is 0.188. The molecule has 0 spiro atoms. The van der Waals surface area contributed by atoms with Crippen molar-refractivity contribution in [2.45, 2.75) is 6.92 Å². The van der Waals surface area contributed by atoms with Crippen LogP contribution in [-0.2, 0) is 0 Å². The fourth-order valence-electron chi connectivity index (χ4n) is 1.85. The third-order valence-electron chi connectivity index (χ3n) is 2.90. The minimum absolute atomic E-state index is 0.164. The summed E-state index contributed by atoms with van der Waals surface area (Å²) in [6, 6.07) is 12.2. The van der Waals surface area contributed by atoms with Gasteiger partial charge < -0.3 is 20.5 Å². The zero-order valence-corrected chi connectivity index (χ0v) is 12.1. The molecule has 0 bridgehead atoms. The van der Waals surface area contributed by atoms with Gasteiger partial charge in [0.1, 0.15) is 0 Å². The molecule has 2 rings (SSSR count). The van der Waals surface area contributed by atoms with Crippen molar-refractivity contribution in [1.82, 2.24) is 5.32 Å². The molecule has 2 aromatic rings. The van der Waals surface area contributed by atoms with Gasteiger partial charge in [-0.15, -0.1) is 0 Å². The van der Waals surface area contributed by atoms with E-state index in [0.29, 0.717) is 35.0 Å². The van der Waals surface area contributed by atoms with E-state index in [2.05, 4.69) is 5.32 Å². The highest BCUT2D eigenvalue weighted by Crippen LogP contribution is 2.34. The van der Waals surface area contributed by atoms with Gasteiger partial charge in [-0.25, -0.2) is 0 Å². The Balaban J connectivity index is 2.31. The number of nitrogens with two attached hydrogens (primary N) is 1. The number of methoxy groups -OCH3 is 1. The minimum Gasteiger partial charge on any atom is -0.493 e. The number of carbonyl (C=O) groups excluding carboxylic acids is 1. The molecule has 21 heavy (non-hydrogen) atoms. The minimum atomic E-state index is -0.164. The number of carbonyl (C=O) groups is 1. The number of nitrogens with one attached hydrogen (secondary N) is 1. The molecule has 3 N–H and O–H groups in total. The van der Waals surface area contributed by atoms with Crippen LogP contribution in [0.2, 0.25) is 0 Å². The molecule has 0 aliphatic rings. The average Bonchev–Trinajstić information content (AvgIpc) is 2.50. The Morgan fingerprint density at radius 3 is 2.52 bits per heavy atom. The smallest absolute Gasteiger partial charge is 0.251 e. The van der Waals surface area contributed by atoms with Gasteiger partial charge in [0, 0.05) is 12.1 Å². The molecular weight excluding hydrogens is 268 g/mol. The van der Waals surface area contributed by atoms with E-state index in [1.54, 1.807) is 37.4 Å². The number of anilines is 1. The molecule has 0 aromatic heterocycles. The second-order valence-electron chi connectivity index (χ2n) is 4.36. The molecule has 0 atom stereocenters. The topological polar surface area (TPSA) is 73.6 Å². The van der Waals surface area contributed by atoms with E-state index in [1.807, 2.05) is 19.1 Å². The number of amides is 1. The lowest BCUT2D eigenvalue weighted by Crippen LogP contribution is -2.22. The lowest BCUT2D eigenvalue weighted by atomic mass is 10.1. The van der Waals surface area contributed by atoms with E-state index < -0.39 is 0 Å². The summed E-state index contributed by atoms with van der Waals surface area (Å²) in [7, 11) is 1.57. The molecule has 110 valence electrons. The Kier molecular flexibility index (Phi) is 4.66. The summed E-state index contributed by atoms with van der Waals surface area (Å²) in [5, 5.41) is 2.73. The molecule has 0 saturated carbocycles. The van der Waals surface area contributed by atoms with Crippen LogP contribution in [0.3, 0.4) is 0 Å². The lowest BCUT2D eigenvalue weighted by Gasteiger charge is -2.12. The van der Waals surface area contributed by atoms with Gasteiger partial charge in [0.05, 0.1) is 12.8 Å². The Bertz CT molecular complexity index is 641. The molecule has 0 saturated heterocycles. The van der Waals surface area contributed by atoms with Crippen LogP contribution in [-0.4, -0.2) is 19.6 Å². The first kappa shape index (κ1) is 14.7. The predicted octanol–water partition coefficient (Wildman–Crippen LogP) is 2.82. The van der Waals surface area contributed by atoms with Gasteiger partial charge >= 0.3 is 0 Å². The van der Waals surface area contributed by atoms with Crippen molar-refractivity contribution in [2.75, 3.05) is 19.4 Å². The Hall–Kier alpha value is -2.69. The molecule has 2 aromatic carbocycles. The van der Waals surface area contributed by atoms with Gasteiger partial charge in [-0.3, -0.25) is 4.79 Å². The first-order valence-electron chi connectivity index (χ1n) is 6.64. The van der Waals surface area contributed by atoms with Gasteiger partial charge in [0.2, 0.25) is 0 Å². The lowest BCUT2D eigenvalue weighted by molar-refractivity contribution is 0.0955. The maximum Gasteiger partial charge on any atom is 0.251 e. The Morgan fingerprint density at radius 1 is 1.14 bits per heavy atom. The molecule has 0 aliphatic carbocycles. The average molecular weight is 286 g/mol. The number of hydrogen-bond donors (Lipinski definition) is 2. The van der Waals surface area contributed by atoms with Crippen molar-refractivity contribution in [2.24, 2.45) is 0 Å². The number of ether oxygens (including phenoxy) is 2. The normalized spacial score (nSPS) is 10.0. The van der Waals surface area contributed by atoms with Crippen LogP contribution in [0, 0.1) is 0 Å². The van der Waals surface area contributed by atoms with E-state index in [-0.39, 0.29) is 5.91 Å². The van der Waals surface area contributed by atoms with Crippen LogP contribution < -0.4 is 20.5 Å². The number of nitrogen functional groups attached to an aromatic ring is 1. The van der Waals surface area contributed by atoms with Crippen molar-refractivity contribution in [3.8, 4) is 17.2 Å². The van der Waals surface area contributed by atoms with E-state index in [9.17, 15) is 4.79 Å². The highest BCUT2D eigenvalue weighted by molar-refractivity contribution is 5.95. The first-order chi connectivity index (χ1) is 10.2. The summed E-state index contributed by atoms with van der Waals surface area (Å²) in [5.74, 6) is 1.39. The zero-order chi connectivity index (χ0) is 15.2. The molecule has 0 unspecified atom stereocenters. The Labute approximate surface area is 123 Å². The molecule has 1 amide bonds. The van der Waals surface area contributed by atoms with E-state index in [4.69, 9.17) is 15.2 Å². The molecular formula is C16H18N2O3. The van der Waals surface area contributed by atoms with Crippen LogP contribution in [0.4, 0.5) is 5.69 Å². The summed E-state index contributed by atoms with van der Waals surface area (Å²) in [4.78, 5) is 11.9. The number of rotatable bonds is 5. The number of para-hydroxylation sites is 2. The summed E-state index contributed by atoms with van der Waals surface area (Å²) >= 11 is 0. The molecule has 0 fully saturated rings. The van der Waals surface area contributed by atoms with Crippen LogP contribution in [0.1, 0.15) is 17.3 Å². The third kappa shape index (κ3) is 3.45. The van der Waals surface area contributed by atoms with E-state index >= 15 is 0 Å². The van der Waals surface area contributed by atoms with Gasteiger partial charge in [-0.1, -0.05) is 12.1 Å². The maximum atomic E-state index is 11.9. The zero-order valence-electron chi connectivity index (χ0n) is 12.1. The molecule has 5 nitrogen and oxygen atoms in total. The third-order valence-corrected chi connectivity index (χ3v) is 2.90. The highest BCUT2D eigenvalue weighted by atomic mass is 16.5. The van der Waals surface area contributed by atoms with Gasteiger partial charge in [0.25, 0.3) is 5.91 Å². The summed E-state index contributed by atoms with van der Waals surface area (Å²) in [5.41, 5.74) is 6.85. The molecule has 0 aliphatic heterocycles. The van der Waals surface area contributed by atoms with Crippen molar-refractivity contribution in [1.29, 1.82) is 0 Å². The largest absolute Gasteiger partial charge is 0.493 e. The summed E-state index contributed by atoms with van der Waals surface area (Å²) < 4.78 is 11.0. The second kappa shape index (κ2) is 6.65. The second-order valence-corrected chi connectivity index (χ2v) is 4.36. The maximum absolute atomic E-state index is 11.9. The standard InChI is InChI=1S/C16H18N2O3/c1-3-18-16(19)11-8-9-12(17)15(10-11)21-14-7-5-4-6-13(14)20-2/h4-10H,3,17H2,1-2H3,(H,18,19). The van der Waals surface area contributed by atoms with E-state index in [0.717, 1.165) is 0 Å². The molecule has 0 radical (unpaired) electrons. The Morgan fingerprint density at radius 2 is 1.86 bits per heavy atom. The van der Waals surface area contributed by atoms with E-state index in [1.165, 1.54) is 0 Å².